The van der Waals surface area contributed by atoms with Crippen LogP contribution in [0.1, 0.15) is 37.2 Å². The number of ether oxygens (including phenoxy) is 3. The largest absolute Gasteiger partial charge is 0.493 e. The fourth-order valence-electron chi connectivity index (χ4n) is 3.50. The normalized spacial score (nSPS) is 19.6. The highest BCUT2D eigenvalue weighted by molar-refractivity contribution is 5.99. The summed E-state index contributed by atoms with van der Waals surface area (Å²) in [5.74, 6) is 1.23. The minimum Gasteiger partial charge on any atom is -0.493 e. The van der Waals surface area contributed by atoms with Crippen molar-refractivity contribution < 1.29 is 19.0 Å². The molecule has 0 bridgehead atoms. The van der Waals surface area contributed by atoms with E-state index in [1.165, 1.54) is 0 Å². The minimum absolute atomic E-state index is 0.0701. The lowest BCUT2D eigenvalue weighted by Crippen LogP contribution is -2.46. The summed E-state index contributed by atoms with van der Waals surface area (Å²) in [4.78, 5) is 12.8. The first-order valence-corrected chi connectivity index (χ1v) is 8.51. The van der Waals surface area contributed by atoms with Crippen LogP contribution in [0.3, 0.4) is 0 Å². The number of aromatic nitrogens is 1. The quantitative estimate of drug-likeness (QED) is 0.925. The van der Waals surface area contributed by atoms with Crippen LogP contribution in [-0.2, 0) is 11.8 Å². The second-order valence-corrected chi connectivity index (χ2v) is 7.13. The Morgan fingerprint density at radius 3 is 2.56 bits per heavy atom. The van der Waals surface area contributed by atoms with Gasteiger partial charge in [0.1, 0.15) is 5.69 Å². The second-order valence-electron chi connectivity index (χ2n) is 7.13. The molecule has 3 rings (SSSR count). The summed E-state index contributed by atoms with van der Waals surface area (Å²) >= 11 is 0. The number of hydrogen-bond acceptors (Lipinski definition) is 4. The number of rotatable bonds is 4. The van der Waals surface area contributed by atoms with Crippen LogP contribution in [0.25, 0.3) is 10.9 Å². The number of fused-ring (bicyclic) bond motifs is 1. The maximum Gasteiger partial charge on any atom is 0.268 e. The van der Waals surface area contributed by atoms with Crippen LogP contribution >= 0.6 is 0 Å². The number of aryl methyl sites for hydroxylation is 1. The molecule has 6 nitrogen and oxygen atoms in total. The van der Waals surface area contributed by atoms with Crippen LogP contribution in [-0.4, -0.2) is 42.9 Å². The van der Waals surface area contributed by atoms with E-state index in [0.717, 1.165) is 23.7 Å². The molecule has 1 aliphatic heterocycles. The third kappa shape index (κ3) is 3.44. The molecule has 1 aliphatic rings. The van der Waals surface area contributed by atoms with E-state index in [4.69, 9.17) is 14.2 Å². The number of benzene rings is 1. The van der Waals surface area contributed by atoms with Crippen LogP contribution in [0.2, 0.25) is 0 Å². The van der Waals surface area contributed by atoms with Crippen LogP contribution in [0, 0.1) is 0 Å². The smallest absolute Gasteiger partial charge is 0.268 e. The lowest BCUT2D eigenvalue weighted by atomic mass is 9.94. The summed E-state index contributed by atoms with van der Waals surface area (Å²) < 4.78 is 18.3. The number of hydrogen-bond donors (Lipinski definition) is 1. The Labute approximate surface area is 148 Å². The lowest BCUT2D eigenvalue weighted by molar-refractivity contribution is -0.0615. The molecule has 136 valence electrons. The first kappa shape index (κ1) is 17.6. The van der Waals surface area contributed by atoms with E-state index in [2.05, 4.69) is 19.2 Å². The van der Waals surface area contributed by atoms with E-state index in [0.29, 0.717) is 23.8 Å². The first-order chi connectivity index (χ1) is 11.8. The predicted molar refractivity (Wildman–Crippen MR) is 96.5 cm³/mol. The minimum atomic E-state index is -0.199. The zero-order valence-corrected chi connectivity index (χ0v) is 15.5. The van der Waals surface area contributed by atoms with Gasteiger partial charge in [-0.25, -0.2) is 0 Å². The highest BCUT2D eigenvalue weighted by Crippen LogP contribution is 2.33. The molecule has 6 heteroatoms. The van der Waals surface area contributed by atoms with Crippen molar-refractivity contribution in [3.05, 3.63) is 23.9 Å². The molecule has 2 aromatic rings. The summed E-state index contributed by atoms with van der Waals surface area (Å²) in [6.07, 6.45) is 1.64. The second kappa shape index (κ2) is 6.59. The number of amides is 1. The number of carbonyl (C=O) groups excluding carboxylic acids is 1. The van der Waals surface area contributed by atoms with Gasteiger partial charge in [0, 0.05) is 31.1 Å². The van der Waals surface area contributed by atoms with Crippen molar-refractivity contribution in [2.75, 3.05) is 20.8 Å². The van der Waals surface area contributed by atoms with Gasteiger partial charge in [-0.05, 0) is 38.8 Å². The molecule has 1 N–H and O–H groups in total. The van der Waals surface area contributed by atoms with Crippen molar-refractivity contribution in [3.63, 3.8) is 0 Å². The van der Waals surface area contributed by atoms with Gasteiger partial charge in [0.05, 0.1) is 25.3 Å². The summed E-state index contributed by atoms with van der Waals surface area (Å²) in [6.45, 7) is 4.78. The topological polar surface area (TPSA) is 61.7 Å². The number of nitrogens with zero attached hydrogens (tertiary/aromatic N) is 1. The average molecular weight is 346 g/mol. The molecule has 0 radical (unpaired) electrons. The molecule has 1 aromatic heterocycles. The van der Waals surface area contributed by atoms with E-state index in [-0.39, 0.29) is 17.6 Å². The van der Waals surface area contributed by atoms with Gasteiger partial charge in [0.15, 0.2) is 11.5 Å². The summed E-state index contributed by atoms with van der Waals surface area (Å²) in [5.41, 5.74) is 1.35. The first-order valence-electron chi connectivity index (χ1n) is 8.51. The van der Waals surface area contributed by atoms with Crippen molar-refractivity contribution in [1.29, 1.82) is 0 Å². The summed E-state index contributed by atoms with van der Waals surface area (Å²) in [7, 11) is 5.09. The highest BCUT2D eigenvalue weighted by Gasteiger charge is 2.30. The molecule has 0 saturated carbocycles. The molecule has 0 aliphatic carbocycles. The van der Waals surface area contributed by atoms with Crippen LogP contribution in [0.15, 0.2) is 18.2 Å². The molecule has 0 unspecified atom stereocenters. The van der Waals surface area contributed by atoms with E-state index in [9.17, 15) is 4.79 Å². The molecule has 0 spiro atoms. The number of methoxy groups -OCH3 is 2. The summed E-state index contributed by atoms with van der Waals surface area (Å²) in [5, 5.41) is 4.09. The van der Waals surface area contributed by atoms with Crippen molar-refractivity contribution in [2.45, 2.75) is 38.3 Å². The Morgan fingerprint density at radius 2 is 1.92 bits per heavy atom. The van der Waals surface area contributed by atoms with Gasteiger partial charge in [-0.2, -0.15) is 0 Å². The lowest BCUT2D eigenvalue weighted by Gasteiger charge is -2.35. The summed E-state index contributed by atoms with van der Waals surface area (Å²) in [6, 6.07) is 5.79. The number of nitrogens with one attached hydrogen (secondary N) is 1. The molecular weight excluding hydrogens is 320 g/mol. The molecular formula is C19H26N2O4. The average Bonchev–Trinajstić information content (AvgIpc) is 2.89. The van der Waals surface area contributed by atoms with Crippen molar-refractivity contribution in [2.24, 2.45) is 7.05 Å². The zero-order chi connectivity index (χ0) is 18.2. The van der Waals surface area contributed by atoms with Gasteiger partial charge in [0.2, 0.25) is 0 Å². The van der Waals surface area contributed by atoms with Crippen molar-refractivity contribution >= 4 is 16.8 Å². The van der Waals surface area contributed by atoms with E-state index < -0.39 is 0 Å². The van der Waals surface area contributed by atoms with E-state index in [1.54, 1.807) is 14.2 Å². The van der Waals surface area contributed by atoms with Crippen LogP contribution in [0.5, 0.6) is 11.5 Å². The molecule has 1 aromatic carbocycles. The maximum atomic E-state index is 12.8. The maximum absolute atomic E-state index is 12.8. The fraction of sp³-hybridized carbons (Fsp3) is 0.526. The fourth-order valence-corrected chi connectivity index (χ4v) is 3.50. The zero-order valence-electron chi connectivity index (χ0n) is 15.5. The Hall–Kier alpha value is -2.21. The Kier molecular flexibility index (Phi) is 4.64. The van der Waals surface area contributed by atoms with Crippen molar-refractivity contribution in [3.8, 4) is 11.5 Å². The van der Waals surface area contributed by atoms with Crippen LogP contribution < -0.4 is 14.8 Å². The predicted octanol–water partition coefficient (Wildman–Crippen LogP) is 2.88. The molecule has 1 atom stereocenters. The van der Waals surface area contributed by atoms with Gasteiger partial charge in [-0.3, -0.25) is 4.79 Å². The molecule has 1 fully saturated rings. The third-order valence-electron chi connectivity index (χ3n) is 4.81. The van der Waals surface area contributed by atoms with Gasteiger partial charge < -0.3 is 24.1 Å². The van der Waals surface area contributed by atoms with Gasteiger partial charge in [0.25, 0.3) is 5.91 Å². The molecule has 1 amide bonds. The Balaban J connectivity index is 1.87. The van der Waals surface area contributed by atoms with E-state index >= 15 is 0 Å². The Morgan fingerprint density at radius 1 is 1.24 bits per heavy atom. The van der Waals surface area contributed by atoms with Gasteiger partial charge in [-0.1, -0.05) is 0 Å². The monoisotopic (exact) mass is 346 g/mol. The standard InChI is InChI=1S/C19H26N2O4/c1-19(2)11-13(6-7-25-19)20-18(22)15-8-12-9-16(23-4)17(24-5)10-14(12)21(15)3/h8-10,13H,6-7,11H2,1-5H3,(H,20,22)/t13-/m1/s1. The highest BCUT2D eigenvalue weighted by atomic mass is 16.5. The molecule has 2 heterocycles. The number of carbonyl (C=O) groups is 1. The van der Waals surface area contributed by atoms with Gasteiger partial charge >= 0.3 is 0 Å². The SMILES string of the molecule is COc1cc2cc(C(=O)N[C@@H]3CCOC(C)(C)C3)n(C)c2cc1OC. The molecule has 25 heavy (non-hydrogen) atoms. The van der Waals surface area contributed by atoms with Gasteiger partial charge in [-0.15, -0.1) is 0 Å². The van der Waals surface area contributed by atoms with E-state index in [1.807, 2.05) is 29.8 Å². The molecule has 1 saturated heterocycles. The third-order valence-corrected chi connectivity index (χ3v) is 4.81. The van der Waals surface area contributed by atoms with Crippen LogP contribution in [0.4, 0.5) is 0 Å². The Bertz CT molecular complexity index is 794. The van der Waals surface area contributed by atoms with Crippen molar-refractivity contribution in [1.82, 2.24) is 9.88 Å².